The van der Waals surface area contributed by atoms with Gasteiger partial charge in [0.15, 0.2) is 6.10 Å². The number of alkyl carbamates (subject to hydrolysis) is 1. The molecule has 0 spiro atoms. The highest BCUT2D eigenvalue weighted by molar-refractivity contribution is 5.68. The fraction of sp³-hybridized carbons (Fsp3) is 0.350. The van der Waals surface area contributed by atoms with Gasteiger partial charge in [0.1, 0.15) is 12.4 Å². The second-order valence-corrected chi connectivity index (χ2v) is 6.80. The van der Waals surface area contributed by atoms with Crippen molar-refractivity contribution in [3.63, 3.8) is 0 Å². The van der Waals surface area contributed by atoms with Gasteiger partial charge in [0.2, 0.25) is 0 Å². The molecule has 0 aliphatic rings. The summed E-state index contributed by atoms with van der Waals surface area (Å²) in [6.45, 7) is 5.72. The molecule has 0 radical (unpaired) electrons. The van der Waals surface area contributed by atoms with Crippen LogP contribution in [0, 0.1) is 0 Å². The molecule has 5 nitrogen and oxygen atoms in total. The van der Waals surface area contributed by atoms with E-state index in [4.69, 9.17) is 9.47 Å². The largest absolute Gasteiger partial charge is 0.489 e. The van der Waals surface area contributed by atoms with E-state index in [1.807, 2.05) is 63.2 Å². The van der Waals surface area contributed by atoms with Crippen molar-refractivity contribution >= 4 is 6.09 Å². The zero-order valence-electron chi connectivity index (χ0n) is 14.9. The number of hydrogen-bond acceptors (Lipinski definition) is 4. The molecule has 0 saturated heterocycles. The monoisotopic (exact) mass is 343 g/mol. The molecule has 0 aliphatic carbocycles. The summed E-state index contributed by atoms with van der Waals surface area (Å²) in [7, 11) is 0. The Kier molecular flexibility index (Phi) is 6.42. The van der Waals surface area contributed by atoms with Crippen LogP contribution in [-0.4, -0.2) is 23.3 Å². The van der Waals surface area contributed by atoms with E-state index in [0.29, 0.717) is 17.9 Å². The minimum Gasteiger partial charge on any atom is -0.489 e. The van der Waals surface area contributed by atoms with Crippen LogP contribution in [0.3, 0.4) is 0 Å². The van der Waals surface area contributed by atoms with Gasteiger partial charge in [-0.1, -0.05) is 42.5 Å². The Labute approximate surface area is 148 Å². The van der Waals surface area contributed by atoms with Crippen LogP contribution >= 0.6 is 0 Å². The maximum Gasteiger partial charge on any atom is 0.408 e. The van der Waals surface area contributed by atoms with Crippen molar-refractivity contribution in [1.82, 2.24) is 5.32 Å². The topological polar surface area (TPSA) is 67.8 Å². The summed E-state index contributed by atoms with van der Waals surface area (Å²) in [5.41, 5.74) is 1.34. The number of carbonyl (C=O) groups is 1. The zero-order chi connectivity index (χ0) is 18.3. The van der Waals surface area contributed by atoms with Crippen molar-refractivity contribution < 1.29 is 19.4 Å². The Morgan fingerprint density at radius 1 is 1.12 bits per heavy atom. The molecule has 0 fully saturated rings. The SMILES string of the molecule is CC(C)(C)NC(=O)OC(CO)c1cccc(OCc2ccccc2)c1. The molecule has 1 atom stereocenters. The molecule has 2 aromatic rings. The van der Waals surface area contributed by atoms with Crippen molar-refractivity contribution in [3.8, 4) is 5.75 Å². The van der Waals surface area contributed by atoms with E-state index >= 15 is 0 Å². The molecular formula is C20H25NO4. The summed E-state index contributed by atoms with van der Waals surface area (Å²) >= 11 is 0. The van der Waals surface area contributed by atoms with Gasteiger partial charge in [0.05, 0.1) is 6.61 Å². The molecule has 1 amide bonds. The fourth-order valence-electron chi connectivity index (χ4n) is 2.22. The van der Waals surface area contributed by atoms with Gasteiger partial charge in [0, 0.05) is 5.54 Å². The van der Waals surface area contributed by atoms with E-state index in [0.717, 1.165) is 5.56 Å². The van der Waals surface area contributed by atoms with E-state index in [1.165, 1.54) is 0 Å². The summed E-state index contributed by atoms with van der Waals surface area (Å²) in [6.07, 6.45) is -1.32. The summed E-state index contributed by atoms with van der Waals surface area (Å²) in [5.74, 6) is 0.652. The fourth-order valence-corrected chi connectivity index (χ4v) is 2.22. The van der Waals surface area contributed by atoms with E-state index in [2.05, 4.69) is 5.32 Å². The number of aliphatic hydroxyl groups excluding tert-OH is 1. The van der Waals surface area contributed by atoms with Crippen LogP contribution in [0.1, 0.15) is 38.0 Å². The van der Waals surface area contributed by atoms with Crippen molar-refractivity contribution in [2.45, 2.75) is 39.0 Å². The number of aliphatic hydroxyl groups is 1. The molecule has 0 aliphatic heterocycles. The maximum atomic E-state index is 11.9. The van der Waals surface area contributed by atoms with Crippen LogP contribution < -0.4 is 10.1 Å². The molecule has 1 unspecified atom stereocenters. The Bertz CT molecular complexity index is 680. The number of nitrogens with one attached hydrogen (secondary N) is 1. The van der Waals surface area contributed by atoms with Gasteiger partial charge in [0.25, 0.3) is 0 Å². The van der Waals surface area contributed by atoms with Crippen LogP contribution in [-0.2, 0) is 11.3 Å². The third kappa shape index (κ3) is 6.47. The third-order valence-electron chi connectivity index (χ3n) is 3.37. The van der Waals surface area contributed by atoms with E-state index < -0.39 is 17.7 Å². The molecule has 0 bridgehead atoms. The predicted octanol–water partition coefficient (Wildman–Crippen LogP) is 3.82. The van der Waals surface area contributed by atoms with Crippen LogP contribution in [0.15, 0.2) is 54.6 Å². The second-order valence-electron chi connectivity index (χ2n) is 6.80. The lowest BCUT2D eigenvalue weighted by atomic mass is 10.1. The number of carbonyl (C=O) groups excluding carboxylic acids is 1. The van der Waals surface area contributed by atoms with Crippen molar-refractivity contribution in [3.05, 3.63) is 65.7 Å². The molecule has 2 rings (SSSR count). The number of hydrogen-bond donors (Lipinski definition) is 2. The minimum absolute atomic E-state index is 0.306. The van der Waals surface area contributed by atoms with Crippen LogP contribution in [0.2, 0.25) is 0 Å². The van der Waals surface area contributed by atoms with Gasteiger partial charge < -0.3 is 19.9 Å². The third-order valence-corrected chi connectivity index (χ3v) is 3.37. The summed E-state index contributed by atoms with van der Waals surface area (Å²) in [4.78, 5) is 11.9. The Hall–Kier alpha value is -2.53. The number of ether oxygens (including phenoxy) is 2. The van der Waals surface area contributed by atoms with Crippen LogP contribution in [0.25, 0.3) is 0 Å². The Morgan fingerprint density at radius 2 is 1.84 bits per heavy atom. The maximum absolute atomic E-state index is 11.9. The molecule has 2 aromatic carbocycles. The lowest BCUT2D eigenvalue weighted by Crippen LogP contribution is -2.41. The highest BCUT2D eigenvalue weighted by Crippen LogP contribution is 2.23. The first kappa shape index (κ1) is 18.8. The quantitative estimate of drug-likeness (QED) is 0.836. The first-order valence-electron chi connectivity index (χ1n) is 8.24. The molecule has 2 N–H and O–H groups in total. The van der Waals surface area contributed by atoms with Gasteiger partial charge in [-0.15, -0.1) is 0 Å². The normalized spacial score (nSPS) is 12.3. The lowest BCUT2D eigenvalue weighted by Gasteiger charge is -2.23. The van der Waals surface area contributed by atoms with Crippen LogP contribution in [0.4, 0.5) is 4.79 Å². The van der Waals surface area contributed by atoms with E-state index in [-0.39, 0.29) is 6.61 Å². The van der Waals surface area contributed by atoms with Crippen molar-refractivity contribution in [1.29, 1.82) is 0 Å². The number of rotatable bonds is 6. The highest BCUT2D eigenvalue weighted by atomic mass is 16.6. The molecule has 134 valence electrons. The number of amides is 1. The average molecular weight is 343 g/mol. The van der Waals surface area contributed by atoms with Gasteiger partial charge in [-0.25, -0.2) is 4.79 Å². The first-order valence-corrected chi connectivity index (χ1v) is 8.24. The first-order chi connectivity index (χ1) is 11.9. The molecule has 25 heavy (non-hydrogen) atoms. The van der Waals surface area contributed by atoms with Gasteiger partial charge in [-0.05, 0) is 44.0 Å². The van der Waals surface area contributed by atoms with Crippen molar-refractivity contribution in [2.75, 3.05) is 6.61 Å². The summed E-state index contributed by atoms with van der Waals surface area (Å²) in [5, 5.41) is 12.3. The second kappa shape index (κ2) is 8.53. The van der Waals surface area contributed by atoms with Gasteiger partial charge in [-0.3, -0.25) is 0 Å². The Balaban J connectivity index is 2.01. The molecular weight excluding hydrogens is 318 g/mol. The van der Waals surface area contributed by atoms with Gasteiger partial charge in [-0.2, -0.15) is 0 Å². The van der Waals surface area contributed by atoms with Crippen LogP contribution in [0.5, 0.6) is 5.75 Å². The standard InChI is InChI=1S/C20H25NO4/c1-20(2,3)21-19(23)25-18(13-22)16-10-7-11-17(12-16)24-14-15-8-5-4-6-9-15/h4-12,18,22H,13-14H2,1-3H3,(H,21,23). The number of benzene rings is 2. The summed E-state index contributed by atoms with van der Waals surface area (Å²) < 4.78 is 11.1. The Morgan fingerprint density at radius 3 is 2.48 bits per heavy atom. The zero-order valence-corrected chi connectivity index (χ0v) is 14.9. The predicted molar refractivity (Wildman–Crippen MR) is 96.4 cm³/mol. The van der Waals surface area contributed by atoms with Crippen molar-refractivity contribution in [2.24, 2.45) is 0 Å². The molecule has 5 heteroatoms. The van der Waals surface area contributed by atoms with Gasteiger partial charge >= 0.3 is 6.09 Å². The summed E-state index contributed by atoms with van der Waals surface area (Å²) in [6, 6.07) is 17.0. The smallest absolute Gasteiger partial charge is 0.408 e. The lowest BCUT2D eigenvalue weighted by molar-refractivity contribution is 0.0528. The van der Waals surface area contributed by atoms with E-state index in [9.17, 15) is 9.90 Å². The average Bonchev–Trinajstić information content (AvgIpc) is 2.57. The highest BCUT2D eigenvalue weighted by Gasteiger charge is 2.20. The van der Waals surface area contributed by atoms with E-state index in [1.54, 1.807) is 12.1 Å². The molecule has 0 heterocycles. The minimum atomic E-state index is -0.748. The molecule has 0 aromatic heterocycles. The molecule has 0 saturated carbocycles.